The minimum atomic E-state index is -0.0735. The fraction of sp³-hybridized carbons (Fsp3) is 0.286. The number of rotatable bonds is 6. The summed E-state index contributed by atoms with van der Waals surface area (Å²) in [5.74, 6) is 0. The predicted molar refractivity (Wildman–Crippen MR) is 114 cm³/mol. The smallest absolute Gasteiger partial charge is 0.261 e. The van der Waals surface area contributed by atoms with Gasteiger partial charge in [-0.05, 0) is 37.9 Å². The van der Waals surface area contributed by atoms with Crippen LogP contribution in [-0.2, 0) is 17.9 Å². The summed E-state index contributed by atoms with van der Waals surface area (Å²) in [6.45, 7) is 1.73. The lowest BCUT2D eigenvalue weighted by Gasteiger charge is -2.12. The van der Waals surface area contributed by atoms with E-state index < -0.39 is 0 Å². The molecular weight excluding hydrogens is 390 g/mol. The molecule has 0 atom stereocenters. The number of hydrogen-bond acceptors (Lipinski definition) is 5. The molecule has 0 saturated carbocycles. The molecule has 0 fully saturated rings. The number of nitrogens with zero attached hydrogens (tertiary/aromatic N) is 5. The molecule has 0 unspecified atom stereocenters. The number of pyridine rings is 1. The Morgan fingerprint density at radius 2 is 1.93 bits per heavy atom. The maximum Gasteiger partial charge on any atom is 0.261 e. The van der Waals surface area contributed by atoms with Gasteiger partial charge in [-0.15, -0.1) is 0 Å². The first kappa shape index (κ1) is 19.6. The lowest BCUT2D eigenvalue weighted by atomic mass is 10.1. The molecule has 4 aromatic rings. The van der Waals surface area contributed by atoms with Gasteiger partial charge in [0.25, 0.3) is 5.56 Å². The van der Waals surface area contributed by atoms with Crippen LogP contribution in [0.4, 0.5) is 0 Å². The molecule has 0 spiro atoms. The van der Waals surface area contributed by atoms with Crippen molar-refractivity contribution in [3.8, 4) is 11.1 Å². The van der Waals surface area contributed by atoms with Gasteiger partial charge in [-0.3, -0.25) is 4.79 Å². The van der Waals surface area contributed by atoms with Gasteiger partial charge in [0.15, 0.2) is 5.65 Å². The minimum absolute atomic E-state index is 0.0735. The Labute approximate surface area is 173 Å². The Morgan fingerprint density at radius 1 is 1.17 bits per heavy atom. The molecule has 3 aromatic heterocycles. The van der Waals surface area contributed by atoms with E-state index in [1.54, 1.807) is 22.4 Å². The van der Waals surface area contributed by atoms with Gasteiger partial charge in [0.05, 0.1) is 28.8 Å². The number of benzene rings is 1. The van der Waals surface area contributed by atoms with Crippen molar-refractivity contribution in [2.75, 3.05) is 27.7 Å². The van der Waals surface area contributed by atoms with Crippen LogP contribution in [-0.4, -0.2) is 51.8 Å². The van der Waals surface area contributed by atoms with E-state index in [9.17, 15) is 4.79 Å². The summed E-state index contributed by atoms with van der Waals surface area (Å²) in [6, 6.07) is 9.45. The Morgan fingerprint density at radius 3 is 2.62 bits per heavy atom. The van der Waals surface area contributed by atoms with Gasteiger partial charge < -0.3 is 14.2 Å². The van der Waals surface area contributed by atoms with Crippen molar-refractivity contribution in [3.05, 3.63) is 63.8 Å². The van der Waals surface area contributed by atoms with E-state index in [2.05, 4.69) is 4.98 Å². The lowest BCUT2D eigenvalue weighted by molar-refractivity contribution is 0.181. The average Bonchev–Trinajstić information content (AvgIpc) is 3.07. The molecule has 0 saturated heterocycles. The van der Waals surface area contributed by atoms with Crippen LogP contribution in [0, 0.1) is 0 Å². The fourth-order valence-corrected chi connectivity index (χ4v) is 3.51. The summed E-state index contributed by atoms with van der Waals surface area (Å²) < 4.78 is 8.78. The highest BCUT2D eigenvalue weighted by molar-refractivity contribution is 6.30. The standard InChI is InChI=1S/C21H22ClN5O2/c1-25(2)10-11-26-9-8-18-16(21(26)28)12-23-20-19(14-4-6-15(22)7-5-14)17(13-29-3)24-27(18)20/h4-9,12H,10-11,13H2,1-3H3. The lowest BCUT2D eigenvalue weighted by Crippen LogP contribution is -2.26. The Kier molecular flexibility index (Phi) is 5.36. The first-order chi connectivity index (χ1) is 14.0. The van der Waals surface area contributed by atoms with Crippen LogP contribution < -0.4 is 5.56 Å². The van der Waals surface area contributed by atoms with E-state index in [0.29, 0.717) is 29.2 Å². The second-order valence-corrected chi connectivity index (χ2v) is 7.61. The molecule has 29 heavy (non-hydrogen) atoms. The number of hydrogen-bond donors (Lipinski definition) is 0. The minimum Gasteiger partial charge on any atom is -0.378 e. The van der Waals surface area contributed by atoms with Crippen LogP contribution in [0.15, 0.2) is 47.5 Å². The van der Waals surface area contributed by atoms with E-state index in [0.717, 1.165) is 28.9 Å². The number of halogens is 1. The molecule has 0 aliphatic carbocycles. The first-order valence-corrected chi connectivity index (χ1v) is 9.66. The monoisotopic (exact) mass is 411 g/mol. The SMILES string of the molecule is COCc1nn2c(ncc3c(=O)n(CCN(C)C)ccc32)c1-c1ccc(Cl)cc1. The number of fused-ring (bicyclic) bond motifs is 3. The molecule has 1 aromatic carbocycles. The maximum atomic E-state index is 12.9. The van der Waals surface area contributed by atoms with Crippen LogP contribution in [0.1, 0.15) is 5.69 Å². The summed E-state index contributed by atoms with van der Waals surface area (Å²) in [7, 11) is 5.59. The largest absolute Gasteiger partial charge is 0.378 e. The molecule has 0 amide bonds. The first-order valence-electron chi connectivity index (χ1n) is 9.29. The molecule has 4 rings (SSSR count). The molecule has 8 heteroatoms. The summed E-state index contributed by atoms with van der Waals surface area (Å²) in [4.78, 5) is 19.6. The third-order valence-corrected chi connectivity index (χ3v) is 5.11. The van der Waals surface area contributed by atoms with Crippen LogP contribution >= 0.6 is 11.6 Å². The van der Waals surface area contributed by atoms with Crippen molar-refractivity contribution in [2.24, 2.45) is 0 Å². The maximum absolute atomic E-state index is 12.9. The highest BCUT2D eigenvalue weighted by Crippen LogP contribution is 2.30. The van der Waals surface area contributed by atoms with Crippen LogP contribution in [0.25, 0.3) is 27.7 Å². The zero-order chi connectivity index (χ0) is 20.5. The van der Waals surface area contributed by atoms with Crippen molar-refractivity contribution in [2.45, 2.75) is 13.2 Å². The van der Waals surface area contributed by atoms with Crippen molar-refractivity contribution < 1.29 is 4.74 Å². The second kappa shape index (κ2) is 7.94. The Balaban J connectivity index is 1.92. The highest BCUT2D eigenvalue weighted by atomic mass is 35.5. The van der Waals surface area contributed by atoms with Crippen LogP contribution in [0.2, 0.25) is 5.02 Å². The van der Waals surface area contributed by atoms with Crippen molar-refractivity contribution in [1.29, 1.82) is 0 Å². The predicted octanol–water partition coefficient (Wildman–Crippen LogP) is 3.07. The van der Waals surface area contributed by atoms with Gasteiger partial charge in [-0.25, -0.2) is 9.50 Å². The third-order valence-electron chi connectivity index (χ3n) is 4.86. The van der Waals surface area contributed by atoms with Crippen molar-refractivity contribution in [3.63, 3.8) is 0 Å². The van der Waals surface area contributed by atoms with Gasteiger partial charge in [-0.2, -0.15) is 5.10 Å². The third kappa shape index (κ3) is 3.64. The van der Waals surface area contributed by atoms with E-state index in [1.807, 2.05) is 55.5 Å². The zero-order valence-electron chi connectivity index (χ0n) is 16.6. The van der Waals surface area contributed by atoms with Crippen LogP contribution in [0.3, 0.4) is 0 Å². The van der Waals surface area contributed by atoms with Gasteiger partial charge in [0.1, 0.15) is 0 Å². The summed E-state index contributed by atoms with van der Waals surface area (Å²) in [5.41, 5.74) is 3.91. The topological polar surface area (TPSA) is 64.7 Å². The molecular formula is C21H22ClN5O2. The number of likely N-dealkylation sites (N-methyl/N-ethyl adjacent to an activating group) is 1. The normalized spacial score (nSPS) is 11.8. The summed E-state index contributed by atoms with van der Waals surface area (Å²) in [6.07, 6.45) is 3.45. The molecule has 0 N–H and O–H groups in total. The molecule has 3 heterocycles. The summed E-state index contributed by atoms with van der Waals surface area (Å²) >= 11 is 6.05. The van der Waals surface area contributed by atoms with E-state index in [-0.39, 0.29) is 5.56 Å². The van der Waals surface area contributed by atoms with E-state index in [4.69, 9.17) is 21.4 Å². The number of aromatic nitrogens is 4. The van der Waals surface area contributed by atoms with Gasteiger partial charge >= 0.3 is 0 Å². The van der Waals surface area contributed by atoms with Gasteiger partial charge in [0, 0.05) is 37.6 Å². The second-order valence-electron chi connectivity index (χ2n) is 7.17. The average molecular weight is 412 g/mol. The Bertz CT molecular complexity index is 1230. The molecule has 7 nitrogen and oxygen atoms in total. The molecule has 0 bridgehead atoms. The van der Waals surface area contributed by atoms with Crippen molar-refractivity contribution in [1.82, 2.24) is 24.1 Å². The van der Waals surface area contributed by atoms with Gasteiger partial charge in [-0.1, -0.05) is 23.7 Å². The molecule has 0 radical (unpaired) electrons. The highest BCUT2D eigenvalue weighted by Gasteiger charge is 2.18. The van der Waals surface area contributed by atoms with E-state index in [1.165, 1.54) is 0 Å². The molecule has 0 aliphatic rings. The fourth-order valence-electron chi connectivity index (χ4n) is 3.39. The molecule has 0 aliphatic heterocycles. The number of methoxy groups -OCH3 is 1. The zero-order valence-corrected chi connectivity index (χ0v) is 17.3. The van der Waals surface area contributed by atoms with Crippen LogP contribution in [0.5, 0.6) is 0 Å². The van der Waals surface area contributed by atoms with E-state index >= 15 is 0 Å². The summed E-state index contributed by atoms with van der Waals surface area (Å²) in [5, 5.41) is 5.91. The molecule has 150 valence electrons. The quantitative estimate of drug-likeness (QED) is 0.488. The van der Waals surface area contributed by atoms with Crippen molar-refractivity contribution >= 4 is 28.2 Å². The Hall–Kier alpha value is -2.74. The number of ether oxygens (including phenoxy) is 1. The van der Waals surface area contributed by atoms with Gasteiger partial charge in [0.2, 0.25) is 0 Å².